The average molecular weight is 347 g/mol. The molecule has 1 aromatic carbocycles. The Morgan fingerprint density at radius 1 is 1.33 bits per heavy atom. The molecule has 0 saturated heterocycles. The van der Waals surface area contributed by atoms with E-state index in [2.05, 4.69) is 10.6 Å². The van der Waals surface area contributed by atoms with E-state index in [1.807, 2.05) is 0 Å². The summed E-state index contributed by atoms with van der Waals surface area (Å²) in [5.41, 5.74) is 1.33. The van der Waals surface area contributed by atoms with Gasteiger partial charge in [-0.05, 0) is 37.0 Å². The maximum absolute atomic E-state index is 14.2. The first-order valence-electron chi connectivity index (χ1n) is 7.50. The minimum Gasteiger partial charge on any atom is -0.367 e. The van der Waals surface area contributed by atoms with Crippen molar-refractivity contribution in [3.05, 3.63) is 71.3 Å². The minimum absolute atomic E-state index is 0.231. The standard InChI is InChI=1S/C17H18FN3O2S/c1-19-10-13-9-17(15-6-2-3-7-16(15)18)21(12-13)24(22,23)14-5-4-8-20-11-14/h2-4,6-9,11-12,19-20H,5,10H2,1H3. The molecule has 2 aromatic rings. The van der Waals surface area contributed by atoms with Crippen molar-refractivity contribution in [2.75, 3.05) is 7.05 Å². The van der Waals surface area contributed by atoms with Gasteiger partial charge in [0.25, 0.3) is 10.0 Å². The zero-order valence-corrected chi connectivity index (χ0v) is 14.0. The van der Waals surface area contributed by atoms with Crippen LogP contribution in [0.25, 0.3) is 11.3 Å². The van der Waals surface area contributed by atoms with Gasteiger partial charge in [-0.2, -0.15) is 0 Å². The maximum Gasteiger partial charge on any atom is 0.266 e. The van der Waals surface area contributed by atoms with Crippen LogP contribution in [-0.2, 0) is 16.6 Å². The van der Waals surface area contributed by atoms with Crippen molar-refractivity contribution < 1.29 is 12.8 Å². The van der Waals surface area contributed by atoms with E-state index in [1.165, 1.54) is 18.5 Å². The van der Waals surface area contributed by atoms with Crippen LogP contribution in [-0.4, -0.2) is 19.4 Å². The fraction of sp³-hybridized carbons (Fsp3) is 0.176. The molecule has 2 heterocycles. The van der Waals surface area contributed by atoms with Gasteiger partial charge < -0.3 is 10.6 Å². The molecule has 1 aliphatic rings. The van der Waals surface area contributed by atoms with Gasteiger partial charge in [-0.3, -0.25) is 0 Å². The number of hydrogen-bond donors (Lipinski definition) is 2. The number of dihydropyridines is 1. The molecule has 0 unspecified atom stereocenters. The van der Waals surface area contributed by atoms with Gasteiger partial charge in [-0.1, -0.05) is 18.2 Å². The van der Waals surface area contributed by atoms with E-state index in [9.17, 15) is 12.8 Å². The third kappa shape index (κ3) is 3.00. The largest absolute Gasteiger partial charge is 0.367 e. The molecule has 1 aliphatic heterocycles. The predicted molar refractivity (Wildman–Crippen MR) is 91.9 cm³/mol. The van der Waals surface area contributed by atoms with Gasteiger partial charge in [0.15, 0.2) is 0 Å². The third-order valence-electron chi connectivity index (χ3n) is 3.74. The summed E-state index contributed by atoms with van der Waals surface area (Å²) >= 11 is 0. The van der Waals surface area contributed by atoms with Crippen molar-refractivity contribution in [1.82, 2.24) is 14.6 Å². The molecule has 7 heteroatoms. The summed E-state index contributed by atoms with van der Waals surface area (Å²) < 4.78 is 41.4. The third-order valence-corrected chi connectivity index (χ3v) is 5.51. The number of hydrogen-bond acceptors (Lipinski definition) is 4. The summed E-state index contributed by atoms with van der Waals surface area (Å²) in [5, 5.41) is 5.77. The Kier molecular flexibility index (Phi) is 4.55. The smallest absolute Gasteiger partial charge is 0.266 e. The Bertz CT molecular complexity index is 914. The Balaban J connectivity index is 2.16. The second kappa shape index (κ2) is 6.62. The Morgan fingerprint density at radius 3 is 2.79 bits per heavy atom. The molecule has 1 aromatic heterocycles. The molecule has 0 spiro atoms. The highest BCUT2D eigenvalue weighted by Gasteiger charge is 2.25. The van der Waals surface area contributed by atoms with Gasteiger partial charge in [0.2, 0.25) is 0 Å². The molecule has 5 nitrogen and oxygen atoms in total. The van der Waals surface area contributed by atoms with Gasteiger partial charge >= 0.3 is 0 Å². The van der Waals surface area contributed by atoms with Crippen molar-refractivity contribution in [2.24, 2.45) is 0 Å². The van der Waals surface area contributed by atoms with Crippen LogP contribution in [0.3, 0.4) is 0 Å². The number of nitrogens with zero attached hydrogens (tertiary/aromatic N) is 1. The quantitative estimate of drug-likeness (QED) is 0.872. The van der Waals surface area contributed by atoms with Crippen molar-refractivity contribution in [1.29, 1.82) is 0 Å². The number of allylic oxidation sites excluding steroid dienone is 2. The number of rotatable bonds is 5. The number of aromatic nitrogens is 1. The van der Waals surface area contributed by atoms with Crippen LogP contribution in [0.5, 0.6) is 0 Å². The van der Waals surface area contributed by atoms with E-state index in [-0.39, 0.29) is 10.5 Å². The highest BCUT2D eigenvalue weighted by atomic mass is 32.2. The van der Waals surface area contributed by atoms with E-state index >= 15 is 0 Å². The lowest BCUT2D eigenvalue weighted by Crippen LogP contribution is -2.18. The average Bonchev–Trinajstić information content (AvgIpc) is 3.01. The van der Waals surface area contributed by atoms with Crippen LogP contribution >= 0.6 is 0 Å². The van der Waals surface area contributed by atoms with E-state index in [1.54, 1.807) is 43.6 Å². The van der Waals surface area contributed by atoms with Gasteiger partial charge in [-0.25, -0.2) is 16.8 Å². The first-order valence-corrected chi connectivity index (χ1v) is 8.94. The summed E-state index contributed by atoms with van der Waals surface area (Å²) in [4.78, 5) is 0.231. The van der Waals surface area contributed by atoms with Gasteiger partial charge in [0, 0.05) is 30.9 Å². The SMILES string of the molecule is CNCc1cc(-c2ccccc2F)n(S(=O)(=O)C2=CNC=CC2)c1. The molecular weight excluding hydrogens is 329 g/mol. The van der Waals surface area contributed by atoms with E-state index in [4.69, 9.17) is 0 Å². The molecular formula is C17H18FN3O2S. The van der Waals surface area contributed by atoms with E-state index in [0.717, 1.165) is 9.54 Å². The second-order valence-corrected chi connectivity index (χ2v) is 7.30. The Labute approximate surface area is 140 Å². The number of nitrogens with one attached hydrogen (secondary N) is 2. The topological polar surface area (TPSA) is 63.1 Å². The fourth-order valence-electron chi connectivity index (χ4n) is 2.61. The van der Waals surface area contributed by atoms with Gasteiger partial charge in [0.1, 0.15) is 5.82 Å². The molecule has 0 bridgehead atoms. The lowest BCUT2D eigenvalue weighted by atomic mass is 10.1. The zero-order valence-electron chi connectivity index (χ0n) is 13.2. The Morgan fingerprint density at radius 2 is 2.12 bits per heavy atom. The van der Waals surface area contributed by atoms with Crippen molar-refractivity contribution >= 4 is 10.0 Å². The Hall–Kier alpha value is -2.38. The van der Waals surface area contributed by atoms with Crippen LogP contribution in [0.2, 0.25) is 0 Å². The minimum atomic E-state index is -3.79. The summed E-state index contributed by atoms with van der Waals surface area (Å²) in [5.74, 6) is -0.460. The van der Waals surface area contributed by atoms with Crippen molar-refractivity contribution in [3.8, 4) is 11.3 Å². The lowest BCUT2D eigenvalue weighted by Gasteiger charge is -2.14. The van der Waals surface area contributed by atoms with E-state index in [0.29, 0.717) is 18.7 Å². The fourth-order valence-corrected chi connectivity index (χ4v) is 4.07. The van der Waals surface area contributed by atoms with Crippen molar-refractivity contribution in [2.45, 2.75) is 13.0 Å². The normalized spacial score (nSPS) is 14.3. The summed E-state index contributed by atoms with van der Waals surface area (Å²) in [6, 6.07) is 7.85. The first kappa shape index (κ1) is 16.5. The summed E-state index contributed by atoms with van der Waals surface area (Å²) in [6.07, 6.45) is 6.70. The number of halogens is 1. The second-order valence-electron chi connectivity index (χ2n) is 5.43. The predicted octanol–water partition coefficient (Wildman–Crippen LogP) is 2.54. The zero-order chi connectivity index (χ0) is 17.2. The van der Waals surface area contributed by atoms with Crippen LogP contribution in [0, 0.1) is 5.82 Å². The van der Waals surface area contributed by atoms with Gasteiger partial charge in [-0.15, -0.1) is 0 Å². The van der Waals surface area contributed by atoms with E-state index < -0.39 is 15.8 Å². The van der Waals surface area contributed by atoms with Crippen LogP contribution in [0.4, 0.5) is 4.39 Å². The molecule has 0 radical (unpaired) electrons. The molecule has 0 fully saturated rings. The molecule has 126 valence electrons. The van der Waals surface area contributed by atoms with Crippen LogP contribution in [0.15, 0.2) is 59.9 Å². The molecule has 0 atom stereocenters. The monoisotopic (exact) mass is 347 g/mol. The van der Waals surface area contributed by atoms with Crippen molar-refractivity contribution in [3.63, 3.8) is 0 Å². The highest BCUT2D eigenvalue weighted by molar-refractivity contribution is 7.93. The first-order chi connectivity index (χ1) is 11.5. The number of benzene rings is 1. The molecule has 0 amide bonds. The van der Waals surface area contributed by atoms with Crippen LogP contribution < -0.4 is 10.6 Å². The van der Waals surface area contributed by atoms with Gasteiger partial charge in [0.05, 0.1) is 10.6 Å². The lowest BCUT2D eigenvalue weighted by molar-refractivity contribution is 0.592. The molecule has 0 aliphatic carbocycles. The molecule has 0 saturated carbocycles. The van der Waals surface area contributed by atoms with Crippen LogP contribution in [0.1, 0.15) is 12.0 Å². The summed E-state index contributed by atoms with van der Waals surface area (Å²) in [6.45, 7) is 0.487. The maximum atomic E-state index is 14.2. The molecule has 2 N–H and O–H groups in total. The molecule has 3 rings (SSSR count). The molecule has 24 heavy (non-hydrogen) atoms. The summed E-state index contributed by atoms with van der Waals surface area (Å²) in [7, 11) is -2.01. The highest BCUT2D eigenvalue weighted by Crippen LogP contribution is 2.29.